The first-order valence-corrected chi connectivity index (χ1v) is 14.8. The largest absolute Gasteiger partial charge is 0.489 e. The summed E-state index contributed by atoms with van der Waals surface area (Å²) in [5, 5.41) is 0.818. The van der Waals surface area contributed by atoms with Gasteiger partial charge in [-0.1, -0.05) is 29.8 Å². The number of pyridine rings is 1. The van der Waals surface area contributed by atoms with Crippen molar-refractivity contribution in [3.05, 3.63) is 81.7 Å². The number of hydrogen-bond donors (Lipinski definition) is 1. The summed E-state index contributed by atoms with van der Waals surface area (Å²) in [5.41, 5.74) is 2.74. The summed E-state index contributed by atoms with van der Waals surface area (Å²) in [4.78, 5) is 16.2. The van der Waals surface area contributed by atoms with E-state index in [1.165, 1.54) is 11.3 Å². The van der Waals surface area contributed by atoms with Crippen LogP contribution in [0.25, 0.3) is 21.2 Å². The summed E-state index contributed by atoms with van der Waals surface area (Å²) in [6.45, 7) is 7.83. The molecule has 0 spiro atoms. The lowest BCUT2D eigenvalue weighted by molar-refractivity contribution is -0.142. The van der Waals surface area contributed by atoms with Gasteiger partial charge in [0.25, 0.3) is 0 Å². The van der Waals surface area contributed by atoms with Crippen LogP contribution in [0.3, 0.4) is 0 Å². The van der Waals surface area contributed by atoms with Gasteiger partial charge in [-0.3, -0.25) is 9.78 Å². The molecule has 206 valence electrons. The fourth-order valence-electron chi connectivity index (χ4n) is 3.96. The molecule has 0 radical (unpaired) electrons. The summed E-state index contributed by atoms with van der Waals surface area (Å²) in [5.74, 6) is -0.237. The van der Waals surface area contributed by atoms with Crippen LogP contribution in [0.15, 0.2) is 54.7 Å². The number of carbonyl (C=O) groups is 1. The second kappa shape index (κ2) is 12.6. The smallest absolute Gasteiger partial charge is 0.310 e. The summed E-state index contributed by atoms with van der Waals surface area (Å²) >= 11 is 7.75. The maximum atomic E-state index is 15.8. The fraction of sp³-hybridized carbons (Fsp3) is 0.310. The summed E-state index contributed by atoms with van der Waals surface area (Å²) in [6, 6.07) is 14.6. The van der Waals surface area contributed by atoms with Crippen LogP contribution in [0, 0.1) is 5.82 Å². The Kier molecular flexibility index (Phi) is 9.38. The predicted octanol–water partition coefficient (Wildman–Crippen LogP) is 6.99. The predicted molar refractivity (Wildman–Crippen MR) is 156 cm³/mol. The highest BCUT2D eigenvalue weighted by atomic mass is 35.5. The van der Waals surface area contributed by atoms with Gasteiger partial charge in [0.1, 0.15) is 12.4 Å². The standard InChI is InChI=1S/C29H30ClFN2O4S2/c1-5-36-27(34)14-19-8-6-7-9-24(19)37-17-18-12-21(22-15-26(30)38-25(22)13-18)20-10-11-32-23(28(20)31)16-33-39(35)29(2,3)4/h6-13,15,33H,5,14,16-17H2,1-4H3/t39-/m0/s1. The SMILES string of the molecule is CCOC(=O)Cc1ccccc1OCc1cc(-c2ccnc(CN[S@@](=O)C(C)(C)C)c2F)c2cc(Cl)sc2c1. The molecule has 0 aliphatic rings. The molecule has 10 heteroatoms. The Morgan fingerprint density at radius 1 is 1.15 bits per heavy atom. The normalized spacial score (nSPS) is 12.5. The van der Waals surface area contributed by atoms with Crippen LogP contribution in [0.4, 0.5) is 4.39 Å². The molecule has 2 aromatic heterocycles. The second-order valence-electron chi connectivity index (χ2n) is 9.81. The zero-order chi connectivity index (χ0) is 28.2. The van der Waals surface area contributed by atoms with Gasteiger partial charge in [0.2, 0.25) is 0 Å². The molecule has 0 amide bonds. The van der Waals surface area contributed by atoms with Crippen LogP contribution in [-0.4, -0.2) is 26.5 Å². The number of nitrogens with one attached hydrogen (secondary N) is 1. The van der Waals surface area contributed by atoms with Gasteiger partial charge in [-0.25, -0.2) is 13.3 Å². The number of esters is 1. The quantitative estimate of drug-likeness (QED) is 0.202. The van der Waals surface area contributed by atoms with Crippen LogP contribution < -0.4 is 9.46 Å². The van der Waals surface area contributed by atoms with Crippen LogP contribution in [0.5, 0.6) is 5.75 Å². The van der Waals surface area contributed by atoms with Gasteiger partial charge in [0.05, 0.1) is 45.3 Å². The monoisotopic (exact) mass is 588 g/mol. The lowest BCUT2D eigenvalue weighted by Gasteiger charge is -2.18. The van der Waals surface area contributed by atoms with Crippen molar-refractivity contribution in [1.82, 2.24) is 9.71 Å². The number of nitrogens with zero attached hydrogens (tertiary/aromatic N) is 1. The molecule has 0 aliphatic heterocycles. The van der Waals surface area contributed by atoms with Crippen molar-refractivity contribution in [2.75, 3.05) is 6.61 Å². The van der Waals surface area contributed by atoms with Crippen LogP contribution in [-0.2, 0) is 40.1 Å². The first kappa shape index (κ1) is 29.1. The fourth-order valence-corrected chi connectivity index (χ4v) is 5.89. The molecule has 2 heterocycles. The van der Waals surface area contributed by atoms with Crippen LogP contribution in [0.1, 0.15) is 44.5 Å². The molecule has 0 unspecified atom stereocenters. The summed E-state index contributed by atoms with van der Waals surface area (Å²) in [7, 11) is -1.37. The van der Waals surface area contributed by atoms with E-state index in [9.17, 15) is 9.00 Å². The van der Waals surface area contributed by atoms with Gasteiger partial charge in [-0.15, -0.1) is 11.3 Å². The van der Waals surface area contributed by atoms with E-state index in [2.05, 4.69) is 9.71 Å². The molecule has 0 bridgehead atoms. The third kappa shape index (κ3) is 7.22. The number of carbonyl (C=O) groups excluding carboxylic acids is 1. The molecule has 2 aromatic carbocycles. The van der Waals surface area contributed by atoms with E-state index in [1.54, 1.807) is 25.3 Å². The van der Waals surface area contributed by atoms with E-state index >= 15 is 4.39 Å². The second-order valence-corrected chi connectivity index (χ2v) is 13.6. The number of para-hydroxylation sites is 1. The van der Waals surface area contributed by atoms with E-state index in [4.69, 9.17) is 21.1 Å². The molecular formula is C29H30ClFN2O4S2. The first-order chi connectivity index (χ1) is 18.6. The van der Waals surface area contributed by atoms with E-state index < -0.39 is 21.5 Å². The molecule has 6 nitrogen and oxygen atoms in total. The highest BCUT2D eigenvalue weighted by molar-refractivity contribution is 7.84. The topological polar surface area (TPSA) is 77.5 Å². The lowest BCUT2D eigenvalue weighted by atomic mass is 9.99. The Morgan fingerprint density at radius 2 is 1.92 bits per heavy atom. The minimum atomic E-state index is -1.37. The highest BCUT2D eigenvalue weighted by Crippen LogP contribution is 2.39. The first-order valence-electron chi connectivity index (χ1n) is 12.4. The highest BCUT2D eigenvalue weighted by Gasteiger charge is 2.21. The van der Waals surface area contributed by atoms with Crippen molar-refractivity contribution in [2.24, 2.45) is 0 Å². The van der Waals surface area contributed by atoms with Gasteiger partial charge in [-0.05, 0) is 69.2 Å². The van der Waals surface area contributed by atoms with Gasteiger partial charge >= 0.3 is 5.97 Å². The number of benzene rings is 2. The molecule has 4 aromatic rings. The minimum absolute atomic E-state index is 0.0249. The number of fused-ring (bicyclic) bond motifs is 1. The van der Waals surface area contributed by atoms with Gasteiger partial charge in [0.15, 0.2) is 5.82 Å². The molecule has 0 aliphatic carbocycles. The average molecular weight is 589 g/mol. The maximum absolute atomic E-state index is 15.8. The van der Waals surface area contributed by atoms with Crippen molar-refractivity contribution in [3.63, 3.8) is 0 Å². The van der Waals surface area contributed by atoms with Crippen molar-refractivity contribution >= 4 is 50.0 Å². The van der Waals surface area contributed by atoms with Crippen molar-refractivity contribution < 1.29 is 22.9 Å². The van der Waals surface area contributed by atoms with E-state index in [0.29, 0.717) is 27.8 Å². The van der Waals surface area contributed by atoms with Crippen LogP contribution in [0.2, 0.25) is 4.34 Å². The molecule has 0 saturated carbocycles. The lowest BCUT2D eigenvalue weighted by Crippen LogP contribution is -2.33. The van der Waals surface area contributed by atoms with E-state index in [-0.39, 0.29) is 31.2 Å². The number of rotatable bonds is 10. The Morgan fingerprint density at radius 3 is 2.67 bits per heavy atom. The van der Waals surface area contributed by atoms with Crippen molar-refractivity contribution in [1.29, 1.82) is 0 Å². The molecule has 1 atom stereocenters. The zero-order valence-electron chi connectivity index (χ0n) is 22.2. The van der Waals surface area contributed by atoms with Gasteiger partial charge in [-0.2, -0.15) is 0 Å². The van der Waals surface area contributed by atoms with Crippen LogP contribution >= 0.6 is 22.9 Å². The molecule has 1 N–H and O–H groups in total. The molecule has 4 rings (SSSR count). The maximum Gasteiger partial charge on any atom is 0.310 e. The van der Waals surface area contributed by atoms with Gasteiger partial charge < -0.3 is 9.47 Å². The third-order valence-electron chi connectivity index (χ3n) is 5.85. The van der Waals surface area contributed by atoms with Crippen molar-refractivity contribution in [2.45, 2.75) is 52.0 Å². The Labute approximate surface area is 239 Å². The summed E-state index contributed by atoms with van der Waals surface area (Å²) in [6.07, 6.45) is 1.65. The Hall–Kier alpha value is -2.85. The Bertz CT molecular complexity index is 1520. The minimum Gasteiger partial charge on any atom is -0.489 e. The average Bonchev–Trinajstić information content (AvgIpc) is 3.26. The number of hydrogen-bond acceptors (Lipinski definition) is 6. The van der Waals surface area contributed by atoms with E-state index in [1.807, 2.05) is 57.2 Å². The van der Waals surface area contributed by atoms with E-state index in [0.717, 1.165) is 21.2 Å². The number of aromatic nitrogens is 1. The van der Waals surface area contributed by atoms with Crippen molar-refractivity contribution in [3.8, 4) is 16.9 Å². The molecule has 0 fully saturated rings. The number of thiophene rings is 1. The van der Waals surface area contributed by atoms with Gasteiger partial charge in [0, 0.05) is 27.4 Å². The molecule has 39 heavy (non-hydrogen) atoms. The number of halogens is 2. The zero-order valence-corrected chi connectivity index (χ0v) is 24.6. The molecular weight excluding hydrogens is 559 g/mol. The summed E-state index contributed by atoms with van der Waals surface area (Å²) < 4.78 is 43.2. The molecule has 0 saturated heterocycles. The third-order valence-corrected chi connectivity index (χ3v) is 8.58. The Balaban J connectivity index is 1.64. The number of ether oxygens (including phenoxy) is 2.